The Morgan fingerprint density at radius 2 is 1.72 bits per heavy atom. The number of hydrogen-bond acceptors (Lipinski definition) is 1. The van der Waals surface area contributed by atoms with Crippen molar-refractivity contribution in [2.24, 2.45) is 0 Å². The molecular formula is C13H11ClF3N. The molecule has 0 radical (unpaired) electrons. The number of aryl methyl sites for hydroxylation is 2. The van der Waals surface area contributed by atoms with Gasteiger partial charge in [0.1, 0.15) is 5.69 Å². The van der Waals surface area contributed by atoms with Crippen LogP contribution in [-0.2, 0) is 6.18 Å². The molecule has 2 rings (SSSR count). The quantitative estimate of drug-likeness (QED) is 0.670. The van der Waals surface area contributed by atoms with E-state index in [-0.39, 0.29) is 16.1 Å². The van der Waals surface area contributed by atoms with E-state index in [1.165, 1.54) is 6.92 Å². The number of fused-ring (bicyclic) bond motifs is 1. The molecule has 5 heteroatoms. The minimum Gasteiger partial charge on any atom is -0.243 e. The van der Waals surface area contributed by atoms with Gasteiger partial charge in [0.15, 0.2) is 0 Å². The van der Waals surface area contributed by atoms with Crippen molar-refractivity contribution in [3.8, 4) is 0 Å². The maximum Gasteiger partial charge on any atom is 0.433 e. The van der Waals surface area contributed by atoms with E-state index in [4.69, 9.17) is 11.6 Å². The second-order valence-corrected chi connectivity index (χ2v) is 4.75. The number of pyridine rings is 1. The largest absolute Gasteiger partial charge is 0.433 e. The van der Waals surface area contributed by atoms with Crippen LogP contribution in [0.4, 0.5) is 13.2 Å². The van der Waals surface area contributed by atoms with Crippen molar-refractivity contribution in [1.82, 2.24) is 4.98 Å². The van der Waals surface area contributed by atoms with Crippen LogP contribution in [-0.4, -0.2) is 4.98 Å². The molecule has 0 aliphatic rings. The highest BCUT2D eigenvalue weighted by Crippen LogP contribution is 2.37. The van der Waals surface area contributed by atoms with Gasteiger partial charge in [-0.05, 0) is 43.5 Å². The smallest absolute Gasteiger partial charge is 0.243 e. The monoisotopic (exact) mass is 273 g/mol. The van der Waals surface area contributed by atoms with Crippen LogP contribution in [0.3, 0.4) is 0 Å². The molecule has 1 nitrogen and oxygen atoms in total. The lowest BCUT2D eigenvalue weighted by Gasteiger charge is -2.14. The van der Waals surface area contributed by atoms with Crippen LogP contribution in [0.1, 0.15) is 22.4 Å². The van der Waals surface area contributed by atoms with Crippen molar-refractivity contribution in [2.75, 3.05) is 0 Å². The average molecular weight is 274 g/mol. The minimum absolute atomic E-state index is 0.0244. The molecule has 0 N–H and O–H groups in total. The Hall–Kier alpha value is -1.29. The summed E-state index contributed by atoms with van der Waals surface area (Å²) in [6.45, 7) is 4.97. The Kier molecular flexibility index (Phi) is 3.01. The summed E-state index contributed by atoms with van der Waals surface area (Å²) in [7, 11) is 0. The predicted molar refractivity (Wildman–Crippen MR) is 66.0 cm³/mol. The van der Waals surface area contributed by atoms with Crippen LogP contribution >= 0.6 is 11.6 Å². The van der Waals surface area contributed by atoms with Gasteiger partial charge in [-0.1, -0.05) is 17.7 Å². The lowest BCUT2D eigenvalue weighted by molar-refractivity contribution is -0.141. The number of nitrogens with zero attached hydrogens (tertiary/aromatic N) is 1. The van der Waals surface area contributed by atoms with Crippen LogP contribution in [0.15, 0.2) is 12.1 Å². The van der Waals surface area contributed by atoms with Gasteiger partial charge in [-0.25, -0.2) is 4.98 Å². The molecule has 1 aromatic carbocycles. The summed E-state index contributed by atoms with van der Waals surface area (Å²) >= 11 is 6.05. The van der Waals surface area contributed by atoms with E-state index in [1.807, 2.05) is 19.9 Å². The number of benzene rings is 1. The van der Waals surface area contributed by atoms with Gasteiger partial charge >= 0.3 is 6.18 Å². The van der Waals surface area contributed by atoms with E-state index in [2.05, 4.69) is 4.98 Å². The zero-order chi connectivity index (χ0) is 13.7. The Balaban J connectivity index is 2.93. The van der Waals surface area contributed by atoms with Crippen LogP contribution < -0.4 is 0 Å². The molecule has 0 atom stereocenters. The molecule has 1 aromatic heterocycles. The number of rotatable bonds is 0. The molecule has 0 aliphatic heterocycles. The van der Waals surface area contributed by atoms with Gasteiger partial charge in [0.05, 0.1) is 10.5 Å². The average Bonchev–Trinajstić information content (AvgIpc) is 2.20. The fourth-order valence-corrected chi connectivity index (χ4v) is 2.43. The maximum atomic E-state index is 12.8. The molecule has 0 unspecified atom stereocenters. The summed E-state index contributed by atoms with van der Waals surface area (Å²) in [6, 6.07) is 3.49. The number of hydrogen-bond donors (Lipinski definition) is 0. The third-order valence-corrected chi connectivity index (χ3v) is 3.34. The number of halogens is 4. The Labute approximate surface area is 108 Å². The first kappa shape index (κ1) is 13.1. The van der Waals surface area contributed by atoms with E-state index in [0.717, 1.165) is 11.1 Å². The molecule has 18 heavy (non-hydrogen) atoms. The van der Waals surface area contributed by atoms with E-state index in [9.17, 15) is 13.2 Å². The highest BCUT2D eigenvalue weighted by Gasteiger charge is 2.36. The Morgan fingerprint density at radius 3 is 2.28 bits per heavy atom. The topological polar surface area (TPSA) is 12.9 Å². The third-order valence-electron chi connectivity index (χ3n) is 2.86. The lowest BCUT2D eigenvalue weighted by atomic mass is 10.0. The van der Waals surface area contributed by atoms with Gasteiger partial charge in [-0.3, -0.25) is 0 Å². The zero-order valence-corrected chi connectivity index (χ0v) is 10.9. The summed E-state index contributed by atoms with van der Waals surface area (Å²) in [4.78, 5) is 3.72. The molecule has 0 amide bonds. The normalized spacial score (nSPS) is 12.2. The van der Waals surface area contributed by atoms with Crippen LogP contribution in [0.5, 0.6) is 0 Å². The second kappa shape index (κ2) is 4.12. The molecule has 0 saturated carbocycles. The van der Waals surface area contributed by atoms with E-state index >= 15 is 0 Å². The highest BCUT2D eigenvalue weighted by atomic mass is 35.5. The Bertz CT molecular complexity index is 632. The molecular weight excluding hydrogens is 263 g/mol. The molecule has 2 aromatic rings. The summed E-state index contributed by atoms with van der Waals surface area (Å²) in [5, 5.41) is 0.720. The third kappa shape index (κ3) is 2.05. The molecule has 0 bridgehead atoms. The fraction of sp³-hybridized carbons (Fsp3) is 0.308. The van der Waals surface area contributed by atoms with Crippen molar-refractivity contribution in [2.45, 2.75) is 26.9 Å². The van der Waals surface area contributed by atoms with Crippen molar-refractivity contribution in [3.63, 3.8) is 0 Å². The SMILES string of the molecule is Cc1cc(C)c2c(Cl)c(C)c(C(F)(F)F)nc2c1. The van der Waals surface area contributed by atoms with Crippen molar-refractivity contribution >= 4 is 22.5 Å². The van der Waals surface area contributed by atoms with Crippen molar-refractivity contribution in [1.29, 1.82) is 0 Å². The summed E-state index contributed by atoms with van der Waals surface area (Å²) in [5.74, 6) is 0. The molecule has 0 aliphatic carbocycles. The first-order valence-electron chi connectivity index (χ1n) is 5.36. The van der Waals surface area contributed by atoms with Gasteiger partial charge in [0.25, 0.3) is 0 Å². The van der Waals surface area contributed by atoms with Crippen molar-refractivity contribution in [3.05, 3.63) is 39.5 Å². The molecule has 0 fully saturated rings. The zero-order valence-electron chi connectivity index (χ0n) is 10.1. The first-order chi connectivity index (χ1) is 8.21. The first-order valence-corrected chi connectivity index (χ1v) is 5.74. The molecule has 0 spiro atoms. The molecule has 0 saturated heterocycles. The van der Waals surface area contributed by atoms with Crippen LogP contribution in [0.25, 0.3) is 10.9 Å². The van der Waals surface area contributed by atoms with E-state index in [1.54, 1.807) is 6.07 Å². The summed E-state index contributed by atoms with van der Waals surface area (Å²) < 4.78 is 38.5. The molecule has 1 heterocycles. The van der Waals surface area contributed by atoms with Gasteiger partial charge in [0.2, 0.25) is 0 Å². The van der Waals surface area contributed by atoms with Gasteiger partial charge in [-0.15, -0.1) is 0 Å². The minimum atomic E-state index is -4.49. The maximum absolute atomic E-state index is 12.8. The molecule has 96 valence electrons. The van der Waals surface area contributed by atoms with Crippen LogP contribution in [0, 0.1) is 20.8 Å². The summed E-state index contributed by atoms with van der Waals surface area (Å²) in [6.07, 6.45) is -4.49. The summed E-state index contributed by atoms with van der Waals surface area (Å²) in [5.41, 5.74) is 1.05. The van der Waals surface area contributed by atoms with E-state index in [0.29, 0.717) is 5.39 Å². The van der Waals surface area contributed by atoms with Crippen LogP contribution in [0.2, 0.25) is 5.02 Å². The second-order valence-electron chi connectivity index (χ2n) is 4.37. The predicted octanol–water partition coefficient (Wildman–Crippen LogP) is 4.83. The highest BCUT2D eigenvalue weighted by molar-refractivity contribution is 6.36. The fourth-order valence-electron chi connectivity index (χ4n) is 2.09. The van der Waals surface area contributed by atoms with Gasteiger partial charge in [-0.2, -0.15) is 13.2 Å². The van der Waals surface area contributed by atoms with Crippen molar-refractivity contribution < 1.29 is 13.2 Å². The Morgan fingerprint density at radius 1 is 1.11 bits per heavy atom. The number of alkyl halides is 3. The number of aromatic nitrogens is 1. The van der Waals surface area contributed by atoms with Gasteiger partial charge < -0.3 is 0 Å². The van der Waals surface area contributed by atoms with Gasteiger partial charge in [0, 0.05) is 5.39 Å². The standard InChI is InChI=1S/C13H11ClF3N/c1-6-4-7(2)10-9(5-6)18-12(13(15,16)17)8(3)11(10)14/h4-5H,1-3H3. The lowest BCUT2D eigenvalue weighted by Crippen LogP contribution is -2.11. The van der Waals surface area contributed by atoms with E-state index < -0.39 is 11.9 Å².